The Labute approximate surface area is 137 Å². The number of nitrogens with zero attached hydrogens (tertiary/aromatic N) is 4. The summed E-state index contributed by atoms with van der Waals surface area (Å²) in [4.78, 5) is 9.22. The van der Waals surface area contributed by atoms with Crippen LogP contribution in [0.2, 0.25) is 0 Å². The number of aromatic nitrogens is 1. The summed E-state index contributed by atoms with van der Waals surface area (Å²) in [6, 6.07) is 6.10. The van der Waals surface area contributed by atoms with E-state index in [4.69, 9.17) is 4.74 Å². The molecule has 3 fully saturated rings. The molecule has 122 valence electrons. The van der Waals surface area contributed by atoms with Crippen LogP contribution in [0.5, 0.6) is 0 Å². The van der Waals surface area contributed by atoms with E-state index in [-0.39, 0.29) is 5.60 Å². The summed E-state index contributed by atoms with van der Waals surface area (Å²) < 4.78 is 6.47. The second kappa shape index (κ2) is 5.19. The van der Waals surface area contributed by atoms with E-state index in [2.05, 4.69) is 34.9 Å². The van der Waals surface area contributed by atoms with Crippen LogP contribution in [0, 0.1) is 30.1 Å². The Bertz CT molecular complexity index is 667. The molecule has 3 saturated heterocycles. The van der Waals surface area contributed by atoms with E-state index in [0.717, 1.165) is 37.6 Å². The molecule has 4 rings (SSSR count). The summed E-state index contributed by atoms with van der Waals surface area (Å²) in [5, 5.41) is 9.42. The molecule has 2 bridgehead atoms. The molecule has 0 unspecified atom stereocenters. The number of hydrogen-bond donors (Lipinski definition) is 0. The maximum absolute atomic E-state index is 9.42. The number of aryl methyl sites for hydroxylation is 1. The Morgan fingerprint density at radius 2 is 2.30 bits per heavy atom. The van der Waals surface area contributed by atoms with Crippen molar-refractivity contribution in [2.24, 2.45) is 11.8 Å². The van der Waals surface area contributed by atoms with Gasteiger partial charge in [-0.2, -0.15) is 5.26 Å². The van der Waals surface area contributed by atoms with Gasteiger partial charge in [0.1, 0.15) is 11.9 Å². The fraction of sp³-hybridized carbons (Fsp3) is 0.667. The first-order chi connectivity index (χ1) is 11.0. The minimum atomic E-state index is -0.0104. The third-order valence-corrected chi connectivity index (χ3v) is 5.79. The van der Waals surface area contributed by atoms with Crippen molar-refractivity contribution in [3.8, 4) is 6.07 Å². The van der Waals surface area contributed by atoms with Crippen LogP contribution in [-0.4, -0.2) is 55.3 Å². The van der Waals surface area contributed by atoms with Gasteiger partial charge in [-0.3, -0.25) is 0 Å². The molecule has 0 aromatic carbocycles. The average molecular weight is 312 g/mol. The van der Waals surface area contributed by atoms with Crippen molar-refractivity contribution >= 4 is 5.82 Å². The molecule has 1 aromatic rings. The summed E-state index contributed by atoms with van der Waals surface area (Å²) in [7, 11) is 4.28. The number of rotatable bonds is 3. The molecule has 4 atom stereocenters. The smallest absolute Gasteiger partial charge is 0.146 e. The van der Waals surface area contributed by atoms with Gasteiger partial charge in [0.05, 0.1) is 17.3 Å². The molecular weight excluding hydrogens is 288 g/mol. The monoisotopic (exact) mass is 312 g/mol. The van der Waals surface area contributed by atoms with Crippen molar-refractivity contribution in [2.45, 2.75) is 31.5 Å². The van der Waals surface area contributed by atoms with E-state index in [9.17, 15) is 5.26 Å². The first-order valence-electron chi connectivity index (χ1n) is 8.48. The predicted molar refractivity (Wildman–Crippen MR) is 88.3 cm³/mol. The van der Waals surface area contributed by atoms with Crippen molar-refractivity contribution in [1.82, 2.24) is 9.88 Å². The molecular formula is C18H24N4O. The largest absolute Gasteiger partial charge is 0.369 e. The van der Waals surface area contributed by atoms with Crippen molar-refractivity contribution in [1.29, 1.82) is 5.26 Å². The fourth-order valence-electron chi connectivity index (χ4n) is 4.89. The zero-order valence-electron chi connectivity index (χ0n) is 14.1. The van der Waals surface area contributed by atoms with Crippen LogP contribution >= 0.6 is 0 Å². The molecule has 23 heavy (non-hydrogen) atoms. The zero-order chi connectivity index (χ0) is 16.2. The Morgan fingerprint density at radius 3 is 3.04 bits per heavy atom. The molecule has 5 nitrogen and oxygen atoms in total. The number of fused-ring (bicyclic) bond motifs is 1. The molecule has 5 heteroatoms. The molecule has 0 radical (unpaired) electrons. The van der Waals surface area contributed by atoms with Gasteiger partial charge in [-0.15, -0.1) is 0 Å². The predicted octanol–water partition coefficient (Wildman–Crippen LogP) is 1.81. The van der Waals surface area contributed by atoms with Gasteiger partial charge in [0.15, 0.2) is 0 Å². The number of hydrogen-bond acceptors (Lipinski definition) is 5. The molecule has 0 saturated carbocycles. The third kappa shape index (κ3) is 2.24. The van der Waals surface area contributed by atoms with Gasteiger partial charge < -0.3 is 14.5 Å². The maximum atomic E-state index is 9.42. The number of anilines is 1. The second-order valence-electron chi connectivity index (χ2n) is 7.61. The van der Waals surface area contributed by atoms with Gasteiger partial charge in [-0.1, -0.05) is 0 Å². The molecule has 1 spiro atoms. The van der Waals surface area contributed by atoms with Crippen LogP contribution in [0.15, 0.2) is 12.1 Å². The van der Waals surface area contributed by atoms with Crippen LogP contribution in [-0.2, 0) is 4.74 Å². The molecule has 4 heterocycles. The van der Waals surface area contributed by atoms with Crippen LogP contribution in [0.1, 0.15) is 24.1 Å². The van der Waals surface area contributed by atoms with Gasteiger partial charge in [-0.25, -0.2) is 4.98 Å². The van der Waals surface area contributed by atoms with E-state index in [1.165, 1.54) is 6.42 Å². The van der Waals surface area contributed by atoms with E-state index in [1.54, 1.807) is 0 Å². The lowest BCUT2D eigenvalue weighted by atomic mass is 9.73. The second-order valence-corrected chi connectivity index (χ2v) is 7.61. The van der Waals surface area contributed by atoms with Crippen molar-refractivity contribution in [2.75, 3.05) is 38.6 Å². The van der Waals surface area contributed by atoms with E-state index >= 15 is 0 Å². The van der Waals surface area contributed by atoms with E-state index in [0.29, 0.717) is 23.5 Å². The first-order valence-corrected chi connectivity index (χ1v) is 8.48. The first kappa shape index (κ1) is 14.9. The highest BCUT2D eigenvalue weighted by Gasteiger charge is 2.63. The molecule has 0 aliphatic carbocycles. The highest BCUT2D eigenvalue weighted by Crippen LogP contribution is 2.55. The quantitative estimate of drug-likeness (QED) is 0.852. The van der Waals surface area contributed by atoms with Crippen molar-refractivity contribution < 1.29 is 4.74 Å². The van der Waals surface area contributed by atoms with Crippen LogP contribution in [0.3, 0.4) is 0 Å². The van der Waals surface area contributed by atoms with Crippen LogP contribution < -0.4 is 4.90 Å². The van der Waals surface area contributed by atoms with Gasteiger partial charge >= 0.3 is 0 Å². The fourth-order valence-corrected chi connectivity index (χ4v) is 4.89. The number of pyridine rings is 1. The van der Waals surface area contributed by atoms with Crippen LogP contribution in [0.25, 0.3) is 0 Å². The Morgan fingerprint density at radius 1 is 1.48 bits per heavy atom. The number of ether oxygens (including phenoxy) is 1. The Balaban J connectivity index is 1.64. The Kier molecular flexibility index (Phi) is 3.36. The summed E-state index contributed by atoms with van der Waals surface area (Å²) in [5.41, 5.74) is 1.62. The van der Waals surface area contributed by atoms with Gasteiger partial charge in [0.2, 0.25) is 0 Å². The minimum absolute atomic E-state index is 0.0104. The number of nitriles is 1. The highest BCUT2D eigenvalue weighted by atomic mass is 16.5. The van der Waals surface area contributed by atoms with Gasteiger partial charge in [-0.05, 0) is 46.0 Å². The van der Waals surface area contributed by atoms with Crippen LogP contribution in [0.4, 0.5) is 5.82 Å². The van der Waals surface area contributed by atoms with E-state index in [1.807, 2.05) is 19.1 Å². The van der Waals surface area contributed by atoms with Gasteiger partial charge in [0, 0.05) is 37.2 Å². The lowest BCUT2D eigenvalue weighted by Crippen LogP contribution is -2.40. The summed E-state index contributed by atoms with van der Waals surface area (Å²) >= 11 is 0. The Hall–Kier alpha value is -1.64. The highest BCUT2D eigenvalue weighted by molar-refractivity contribution is 5.56. The molecule has 3 aliphatic heterocycles. The molecule has 0 N–H and O–H groups in total. The SMILES string of the molecule is Cc1ccc(C#N)c(N2C[C@@H]3[C@H](CN(C)C)[C@H]4CC[C@]3(C2)O4)n1. The minimum Gasteiger partial charge on any atom is -0.369 e. The standard InChI is InChI=1S/C18H24N4O/c1-12-4-5-13(8-19)17(20-12)22-10-15-14(9-21(2)3)16-6-7-18(15,11-22)23-16/h4-5,14-16H,6-7,9-11H2,1-3H3/t14-,15+,16+,18+/m0/s1. The normalized spacial score (nSPS) is 34.9. The summed E-state index contributed by atoms with van der Waals surface area (Å²) in [6.07, 6.45) is 2.75. The average Bonchev–Trinajstić information content (AvgIpc) is 3.16. The molecule has 0 amide bonds. The zero-order valence-corrected chi connectivity index (χ0v) is 14.1. The summed E-state index contributed by atoms with van der Waals surface area (Å²) in [6.45, 7) is 4.90. The van der Waals surface area contributed by atoms with Crippen molar-refractivity contribution in [3.05, 3.63) is 23.4 Å². The topological polar surface area (TPSA) is 52.4 Å². The van der Waals surface area contributed by atoms with E-state index < -0.39 is 0 Å². The maximum Gasteiger partial charge on any atom is 0.146 e. The van der Waals surface area contributed by atoms with Gasteiger partial charge in [0.25, 0.3) is 0 Å². The van der Waals surface area contributed by atoms with Crippen molar-refractivity contribution in [3.63, 3.8) is 0 Å². The molecule has 1 aromatic heterocycles. The lowest BCUT2D eigenvalue weighted by Gasteiger charge is -2.30. The third-order valence-electron chi connectivity index (χ3n) is 5.79. The molecule has 3 aliphatic rings. The lowest BCUT2D eigenvalue weighted by molar-refractivity contribution is 0.0136. The summed E-state index contributed by atoms with van der Waals surface area (Å²) in [5.74, 6) is 1.99.